The molecule has 7 nitrogen and oxygen atoms in total. The van der Waals surface area contributed by atoms with Crippen LogP contribution in [0.25, 0.3) is 10.9 Å². The predicted octanol–water partition coefficient (Wildman–Crippen LogP) is 4.72. The molecule has 1 amide bonds. The van der Waals surface area contributed by atoms with Crippen LogP contribution < -0.4 is 4.74 Å². The summed E-state index contributed by atoms with van der Waals surface area (Å²) in [6.07, 6.45) is 6.57. The zero-order valence-corrected chi connectivity index (χ0v) is 19.7. The van der Waals surface area contributed by atoms with Gasteiger partial charge >= 0.3 is 5.97 Å². The molecule has 0 spiro atoms. The molecule has 1 aliphatic rings. The number of carbonyl (C=O) groups is 2. The summed E-state index contributed by atoms with van der Waals surface area (Å²) in [5.74, 6) is -0.672. The number of ether oxygens (including phenoxy) is 1. The van der Waals surface area contributed by atoms with E-state index in [0.717, 1.165) is 28.5 Å². The number of rotatable bonds is 7. The lowest BCUT2D eigenvalue weighted by molar-refractivity contribution is -0.139. The maximum Gasteiger partial charge on any atom is 0.341 e. The van der Waals surface area contributed by atoms with Crippen LogP contribution in [0, 0.1) is 0 Å². The van der Waals surface area contributed by atoms with Gasteiger partial charge in [0.15, 0.2) is 6.61 Å². The standard InChI is InChI=1S/C27H24ClN3O4/c28-20-5-6-24(35-17-26(33)34)22(15-20)27-21-4-2-1-3-18(21)9-14-31(27)25(32)10-13-30-12-8-19-7-11-29-16-23(19)30/h1-8,11-12,15-16,27H,9-10,13-14,17H2,(H,33,34). The first-order chi connectivity index (χ1) is 17.0. The second-order valence-corrected chi connectivity index (χ2v) is 8.93. The SMILES string of the molecule is O=C(O)COc1ccc(Cl)cc1C1c2ccccc2CCN1C(=O)CCn1ccc2ccncc21. The molecule has 35 heavy (non-hydrogen) atoms. The minimum absolute atomic E-state index is 0.000552. The Labute approximate surface area is 207 Å². The molecule has 0 saturated carbocycles. The predicted molar refractivity (Wildman–Crippen MR) is 133 cm³/mol. The molecule has 178 valence electrons. The number of hydrogen-bond donors (Lipinski definition) is 1. The first-order valence-electron chi connectivity index (χ1n) is 11.4. The van der Waals surface area contributed by atoms with Crippen LogP contribution in [0.2, 0.25) is 5.02 Å². The zero-order valence-electron chi connectivity index (χ0n) is 18.9. The second-order valence-electron chi connectivity index (χ2n) is 8.50. The number of fused-ring (bicyclic) bond motifs is 2. The van der Waals surface area contributed by atoms with E-state index in [4.69, 9.17) is 21.4 Å². The highest BCUT2D eigenvalue weighted by atomic mass is 35.5. The Kier molecular flexibility index (Phi) is 6.42. The first-order valence-corrected chi connectivity index (χ1v) is 11.8. The molecule has 1 aliphatic heterocycles. The van der Waals surface area contributed by atoms with Crippen molar-refractivity contribution < 1.29 is 19.4 Å². The summed E-state index contributed by atoms with van der Waals surface area (Å²) < 4.78 is 7.65. The van der Waals surface area contributed by atoms with Crippen molar-refractivity contribution in [1.82, 2.24) is 14.5 Å². The minimum Gasteiger partial charge on any atom is -0.482 e. The number of amides is 1. The van der Waals surface area contributed by atoms with Gasteiger partial charge in [0.05, 0.1) is 17.8 Å². The fraction of sp³-hybridized carbons (Fsp3) is 0.222. The van der Waals surface area contributed by atoms with Crippen molar-refractivity contribution in [2.75, 3.05) is 13.2 Å². The summed E-state index contributed by atoms with van der Waals surface area (Å²) in [5, 5.41) is 10.7. The number of carbonyl (C=O) groups excluding carboxylic acids is 1. The van der Waals surface area contributed by atoms with E-state index in [0.29, 0.717) is 35.8 Å². The number of benzene rings is 2. The lowest BCUT2D eigenvalue weighted by atomic mass is 9.87. The Balaban J connectivity index is 1.48. The lowest BCUT2D eigenvalue weighted by Crippen LogP contribution is -2.41. The van der Waals surface area contributed by atoms with E-state index in [2.05, 4.69) is 11.1 Å². The van der Waals surface area contributed by atoms with Gasteiger partial charge in [-0.15, -0.1) is 0 Å². The molecule has 0 radical (unpaired) electrons. The molecular formula is C27H24ClN3O4. The van der Waals surface area contributed by atoms with Gasteiger partial charge in [-0.05, 0) is 47.9 Å². The van der Waals surface area contributed by atoms with E-state index in [-0.39, 0.29) is 5.91 Å². The lowest BCUT2D eigenvalue weighted by Gasteiger charge is -2.38. The maximum atomic E-state index is 13.6. The average molecular weight is 490 g/mol. The summed E-state index contributed by atoms with van der Waals surface area (Å²) in [5.41, 5.74) is 3.80. The molecule has 1 atom stereocenters. The number of pyridine rings is 1. The maximum absolute atomic E-state index is 13.6. The smallest absolute Gasteiger partial charge is 0.341 e. The Morgan fingerprint density at radius 3 is 2.83 bits per heavy atom. The number of carboxylic acid groups (broad SMARTS) is 1. The fourth-order valence-electron chi connectivity index (χ4n) is 4.76. The molecule has 5 rings (SSSR count). The van der Waals surface area contributed by atoms with Crippen LogP contribution >= 0.6 is 11.6 Å². The van der Waals surface area contributed by atoms with E-state index in [1.807, 2.05) is 46.0 Å². The van der Waals surface area contributed by atoms with E-state index in [1.54, 1.807) is 30.6 Å². The third-order valence-corrected chi connectivity index (χ3v) is 6.60. The average Bonchev–Trinajstić information content (AvgIpc) is 3.29. The van der Waals surface area contributed by atoms with Crippen LogP contribution in [0.1, 0.15) is 29.2 Å². The van der Waals surface area contributed by atoms with Crippen LogP contribution in [0.15, 0.2) is 73.2 Å². The highest BCUT2D eigenvalue weighted by molar-refractivity contribution is 6.30. The highest BCUT2D eigenvalue weighted by Crippen LogP contribution is 2.40. The van der Waals surface area contributed by atoms with E-state index in [1.165, 1.54) is 0 Å². The van der Waals surface area contributed by atoms with Crippen molar-refractivity contribution in [2.24, 2.45) is 0 Å². The Morgan fingerprint density at radius 1 is 1.11 bits per heavy atom. The second kappa shape index (κ2) is 9.80. The Hall–Kier alpha value is -3.84. The van der Waals surface area contributed by atoms with Crippen LogP contribution in [-0.2, 0) is 22.6 Å². The topological polar surface area (TPSA) is 84.7 Å². The summed E-state index contributed by atoms with van der Waals surface area (Å²) in [6.45, 7) is 0.585. The number of hydrogen-bond acceptors (Lipinski definition) is 4. The van der Waals surface area contributed by atoms with Crippen molar-refractivity contribution in [1.29, 1.82) is 0 Å². The third-order valence-electron chi connectivity index (χ3n) is 6.36. The summed E-state index contributed by atoms with van der Waals surface area (Å²) in [6, 6.07) is 16.6. The van der Waals surface area contributed by atoms with Crippen molar-refractivity contribution in [2.45, 2.75) is 25.4 Å². The molecule has 8 heteroatoms. The molecular weight excluding hydrogens is 466 g/mol. The van der Waals surface area contributed by atoms with Crippen molar-refractivity contribution in [3.05, 3.63) is 94.9 Å². The van der Waals surface area contributed by atoms with Gasteiger partial charge in [-0.2, -0.15) is 0 Å². The fourth-order valence-corrected chi connectivity index (χ4v) is 4.94. The Bertz CT molecular complexity index is 1400. The molecule has 0 saturated heterocycles. The van der Waals surface area contributed by atoms with Crippen molar-refractivity contribution in [3.63, 3.8) is 0 Å². The number of nitrogens with zero attached hydrogens (tertiary/aromatic N) is 3. The Morgan fingerprint density at radius 2 is 1.97 bits per heavy atom. The summed E-state index contributed by atoms with van der Waals surface area (Å²) >= 11 is 6.35. The number of aryl methyl sites for hydroxylation is 1. The quantitative estimate of drug-likeness (QED) is 0.406. The highest BCUT2D eigenvalue weighted by Gasteiger charge is 2.33. The molecule has 2 aromatic carbocycles. The molecule has 4 aromatic rings. The number of halogens is 1. The number of aliphatic carboxylic acids is 1. The van der Waals surface area contributed by atoms with Crippen LogP contribution in [-0.4, -0.2) is 44.6 Å². The van der Waals surface area contributed by atoms with E-state index >= 15 is 0 Å². The first kappa shape index (κ1) is 22.9. The van der Waals surface area contributed by atoms with Crippen LogP contribution in [0.4, 0.5) is 0 Å². The van der Waals surface area contributed by atoms with Gasteiger partial charge in [-0.3, -0.25) is 9.78 Å². The normalized spacial score (nSPS) is 15.1. The number of carboxylic acids is 1. The monoisotopic (exact) mass is 489 g/mol. The molecule has 1 unspecified atom stereocenters. The van der Waals surface area contributed by atoms with Crippen LogP contribution in [0.3, 0.4) is 0 Å². The molecule has 0 bridgehead atoms. The zero-order chi connectivity index (χ0) is 24.4. The van der Waals surface area contributed by atoms with Crippen molar-refractivity contribution >= 4 is 34.4 Å². The van der Waals surface area contributed by atoms with E-state index in [9.17, 15) is 9.59 Å². The molecule has 3 heterocycles. The van der Waals surface area contributed by atoms with E-state index < -0.39 is 18.6 Å². The van der Waals surface area contributed by atoms with Gasteiger partial charge in [0.2, 0.25) is 5.91 Å². The van der Waals surface area contributed by atoms with Crippen LogP contribution in [0.5, 0.6) is 5.75 Å². The minimum atomic E-state index is -1.07. The van der Waals surface area contributed by atoms with Gasteiger partial charge in [-0.1, -0.05) is 35.9 Å². The van der Waals surface area contributed by atoms with Gasteiger partial charge in [0, 0.05) is 47.9 Å². The molecule has 0 fully saturated rings. The third kappa shape index (κ3) is 4.72. The number of aromatic nitrogens is 2. The summed E-state index contributed by atoms with van der Waals surface area (Å²) in [4.78, 5) is 30.8. The molecule has 0 aliphatic carbocycles. The van der Waals surface area contributed by atoms with Gasteiger partial charge in [0.1, 0.15) is 5.75 Å². The van der Waals surface area contributed by atoms with Gasteiger partial charge < -0.3 is 19.3 Å². The molecule has 2 aromatic heterocycles. The van der Waals surface area contributed by atoms with Gasteiger partial charge in [0.25, 0.3) is 0 Å². The summed E-state index contributed by atoms with van der Waals surface area (Å²) in [7, 11) is 0. The van der Waals surface area contributed by atoms with Gasteiger partial charge in [-0.25, -0.2) is 4.79 Å². The largest absolute Gasteiger partial charge is 0.482 e. The van der Waals surface area contributed by atoms with Crippen molar-refractivity contribution in [3.8, 4) is 5.75 Å². The molecule has 1 N–H and O–H groups in total.